The van der Waals surface area contributed by atoms with Gasteiger partial charge in [0, 0.05) is 32.6 Å². The third-order valence-corrected chi connectivity index (χ3v) is 8.12. The van der Waals surface area contributed by atoms with Crippen molar-refractivity contribution in [2.45, 2.75) is 51.9 Å². The van der Waals surface area contributed by atoms with Crippen molar-refractivity contribution in [1.29, 1.82) is 0 Å². The predicted molar refractivity (Wildman–Crippen MR) is 133 cm³/mol. The molecule has 3 atom stereocenters. The van der Waals surface area contributed by atoms with Gasteiger partial charge >= 0.3 is 11.9 Å². The number of ketones is 1. The molecule has 2 aromatic heterocycles. The van der Waals surface area contributed by atoms with E-state index in [1.54, 1.807) is 13.8 Å². The fraction of sp³-hybridized carbons (Fsp3) is 0.423. The van der Waals surface area contributed by atoms with Crippen molar-refractivity contribution in [1.82, 2.24) is 5.32 Å². The third-order valence-electron chi connectivity index (χ3n) is 6.18. The smallest absolute Gasteiger partial charge is 0.336 e. The zero-order valence-electron chi connectivity index (χ0n) is 19.6. The summed E-state index contributed by atoms with van der Waals surface area (Å²) in [5.41, 5.74) is 2.54. The van der Waals surface area contributed by atoms with Crippen LogP contribution in [0.1, 0.15) is 61.6 Å². The summed E-state index contributed by atoms with van der Waals surface area (Å²) in [6.45, 7) is 6.01. The quantitative estimate of drug-likeness (QED) is 0.392. The van der Waals surface area contributed by atoms with Crippen LogP contribution in [0.15, 0.2) is 57.6 Å². The standard InChI is InChI=1S/C26H29NO5S2/c1-4-9-16-22(26(30)32-6-3)23(19-11-8-13-34-19)21-17(27-16)14-15(18-10-7-12-33-18)20(24(21)28)25(29)31-5-2/h7-8,10-13,15,20,23,27H,4-6,9,14H2,1-3H3/t15-,20+,23+/m0/s1. The minimum absolute atomic E-state index is 0.201. The number of carbonyl (C=O) groups is 3. The van der Waals surface area contributed by atoms with E-state index in [9.17, 15) is 14.4 Å². The summed E-state index contributed by atoms with van der Waals surface area (Å²) in [4.78, 5) is 42.3. The molecule has 2 aliphatic rings. The lowest BCUT2D eigenvalue weighted by atomic mass is 9.69. The van der Waals surface area contributed by atoms with Crippen LogP contribution in [0.3, 0.4) is 0 Å². The van der Waals surface area contributed by atoms with Gasteiger partial charge in [-0.25, -0.2) is 4.79 Å². The van der Waals surface area contributed by atoms with Crippen molar-refractivity contribution >= 4 is 40.4 Å². The molecule has 0 spiro atoms. The van der Waals surface area contributed by atoms with Gasteiger partial charge in [0.2, 0.25) is 0 Å². The van der Waals surface area contributed by atoms with Crippen molar-refractivity contribution < 1.29 is 23.9 Å². The average Bonchev–Trinajstić information content (AvgIpc) is 3.53. The van der Waals surface area contributed by atoms with Crippen LogP contribution in [0.5, 0.6) is 0 Å². The maximum absolute atomic E-state index is 14.1. The number of esters is 2. The van der Waals surface area contributed by atoms with E-state index in [-0.39, 0.29) is 24.9 Å². The average molecular weight is 500 g/mol. The molecule has 0 aromatic carbocycles. The highest BCUT2D eigenvalue weighted by Crippen LogP contribution is 2.50. The molecule has 34 heavy (non-hydrogen) atoms. The van der Waals surface area contributed by atoms with Crippen LogP contribution in [-0.2, 0) is 23.9 Å². The molecule has 180 valence electrons. The second-order valence-electron chi connectivity index (χ2n) is 8.25. The fourth-order valence-corrected chi connectivity index (χ4v) is 6.57. The molecule has 0 saturated heterocycles. The Labute approximate surface area is 207 Å². The van der Waals surface area contributed by atoms with Crippen molar-refractivity contribution in [2.75, 3.05) is 13.2 Å². The van der Waals surface area contributed by atoms with Gasteiger partial charge < -0.3 is 14.8 Å². The molecule has 4 rings (SSSR count). The first-order valence-corrected chi connectivity index (χ1v) is 13.4. The van der Waals surface area contributed by atoms with Gasteiger partial charge in [0.1, 0.15) is 5.92 Å². The second-order valence-corrected chi connectivity index (χ2v) is 10.2. The fourth-order valence-electron chi connectivity index (χ4n) is 4.86. The second kappa shape index (κ2) is 10.7. The van der Waals surface area contributed by atoms with E-state index in [2.05, 4.69) is 12.2 Å². The van der Waals surface area contributed by atoms with E-state index < -0.39 is 23.8 Å². The molecule has 0 saturated carbocycles. The molecule has 2 aromatic rings. The van der Waals surface area contributed by atoms with Gasteiger partial charge in [-0.2, -0.15) is 0 Å². The molecule has 1 aliphatic heterocycles. The van der Waals surface area contributed by atoms with Crippen LogP contribution in [0, 0.1) is 5.92 Å². The van der Waals surface area contributed by atoms with Crippen molar-refractivity contribution in [3.05, 3.63) is 67.3 Å². The van der Waals surface area contributed by atoms with E-state index >= 15 is 0 Å². The van der Waals surface area contributed by atoms with Gasteiger partial charge in [0.05, 0.1) is 24.7 Å². The Morgan fingerprint density at radius 2 is 1.71 bits per heavy atom. The van der Waals surface area contributed by atoms with E-state index in [4.69, 9.17) is 9.47 Å². The molecular weight excluding hydrogens is 470 g/mol. The third kappa shape index (κ3) is 4.49. The largest absolute Gasteiger partial charge is 0.465 e. The summed E-state index contributed by atoms with van der Waals surface area (Å²) in [6, 6.07) is 7.74. The van der Waals surface area contributed by atoms with E-state index in [0.717, 1.165) is 27.6 Å². The highest BCUT2D eigenvalue weighted by molar-refractivity contribution is 7.10. The molecule has 1 N–H and O–H groups in total. The summed E-state index contributed by atoms with van der Waals surface area (Å²) in [5.74, 6) is -3.04. The summed E-state index contributed by atoms with van der Waals surface area (Å²) >= 11 is 3.03. The first-order valence-electron chi connectivity index (χ1n) is 11.7. The van der Waals surface area contributed by atoms with Crippen LogP contribution in [-0.4, -0.2) is 30.9 Å². The maximum atomic E-state index is 14.1. The molecular formula is C26H29NO5S2. The molecule has 0 amide bonds. The highest BCUT2D eigenvalue weighted by Gasteiger charge is 2.49. The number of dihydropyridines is 1. The first kappa shape index (κ1) is 24.4. The summed E-state index contributed by atoms with van der Waals surface area (Å²) < 4.78 is 10.8. The molecule has 3 heterocycles. The predicted octanol–water partition coefficient (Wildman–Crippen LogP) is 5.30. The number of Topliss-reactive ketones (excluding diaryl/α,β-unsaturated/α-hetero) is 1. The van der Waals surface area contributed by atoms with Crippen LogP contribution in [0.2, 0.25) is 0 Å². The summed E-state index contributed by atoms with van der Waals surface area (Å²) in [7, 11) is 0. The van der Waals surface area contributed by atoms with Crippen LogP contribution in [0.4, 0.5) is 0 Å². The van der Waals surface area contributed by atoms with E-state index in [1.807, 2.05) is 35.0 Å². The minimum atomic E-state index is -0.946. The lowest BCUT2D eigenvalue weighted by molar-refractivity contribution is -0.152. The number of thiophene rings is 2. The van der Waals surface area contributed by atoms with E-state index in [0.29, 0.717) is 24.0 Å². The van der Waals surface area contributed by atoms with Crippen LogP contribution in [0.25, 0.3) is 0 Å². The van der Waals surface area contributed by atoms with Gasteiger partial charge in [0.15, 0.2) is 5.78 Å². The monoisotopic (exact) mass is 499 g/mol. The number of hydrogen-bond acceptors (Lipinski definition) is 8. The molecule has 0 bridgehead atoms. The summed E-state index contributed by atoms with van der Waals surface area (Å²) in [6.07, 6.45) is 1.99. The molecule has 0 fully saturated rings. The lowest BCUT2D eigenvalue weighted by Gasteiger charge is -2.39. The van der Waals surface area contributed by atoms with Crippen molar-refractivity contribution in [3.8, 4) is 0 Å². The number of carbonyl (C=O) groups excluding carboxylic acids is 3. The lowest BCUT2D eigenvalue weighted by Crippen LogP contribution is -2.43. The Morgan fingerprint density at radius 1 is 1.03 bits per heavy atom. The van der Waals surface area contributed by atoms with Gasteiger partial charge in [-0.1, -0.05) is 25.5 Å². The van der Waals surface area contributed by atoms with Crippen LogP contribution < -0.4 is 5.32 Å². The van der Waals surface area contributed by atoms with Crippen molar-refractivity contribution in [3.63, 3.8) is 0 Å². The van der Waals surface area contributed by atoms with E-state index in [1.165, 1.54) is 22.7 Å². The van der Waals surface area contributed by atoms with Crippen molar-refractivity contribution in [2.24, 2.45) is 5.92 Å². The first-order chi connectivity index (χ1) is 16.5. The summed E-state index contributed by atoms with van der Waals surface area (Å²) in [5, 5.41) is 7.34. The highest BCUT2D eigenvalue weighted by atomic mass is 32.1. The zero-order chi connectivity index (χ0) is 24.2. The van der Waals surface area contributed by atoms with Gasteiger partial charge in [0.25, 0.3) is 0 Å². The Balaban J connectivity index is 1.88. The number of nitrogens with one attached hydrogen (secondary N) is 1. The number of rotatable bonds is 8. The normalized spacial score (nSPS) is 22.3. The topological polar surface area (TPSA) is 81.7 Å². The molecule has 0 radical (unpaired) electrons. The van der Waals surface area contributed by atoms with Gasteiger partial charge in [-0.05, 0) is 49.6 Å². The molecule has 0 unspecified atom stereocenters. The Kier molecular flexibility index (Phi) is 7.68. The van der Waals surface area contributed by atoms with Gasteiger partial charge in [-0.15, -0.1) is 22.7 Å². The number of allylic oxidation sites excluding steroid dienone is 3. The molecule has 1 aliphatic carbocycles. The molecule has 8 heteroatoms. The van der Waals surface area contributed by atoms with Gasteiger partial charge in [-0.3, -0.25) is 9.59 Å². The Bertz CT molecular complexity index is 1110. The Hall–Kier alpha value is -2.71. The SMILES string of the molecule is CCCC1=C(C(=O)OCC)[C@H](c2cccs2)C2=C(C[C@@H](c3cccs3)[C@@H](C(=O)OCC)C2=O)N1. The maximum Gasteiger partial charge on any atom is 0.336 e. The van der Waals surface area contributed by atoms with Crippen LogP contribution >= 0.6 is 22.7 Å². The number of ether oxygens (including phenoxy) is 2. The number of hydrogen-bond donors (Lipinski definition) is 1. The Morgan fingerprint density at radius 3 is 2.29 bits per heavy atom. The minimum Gasteiger partial charge on any atom is -0.465 e. The zero-order valence-corrected chi connectivity index (χ0v) is 21.2. The molecule has 6 nitrogen and oxygen atoms in total.